The molecule has 1 aliphatic carbocycles. The number of carboxylic acid groups (broad SMARTS) is 1. The molecule has 0 bridgehead atoms. The average molecular weight is 293 g/mol. The fourth-order valence-corrected chi connectivity index (χ4v) is 2.80. The Hall–Kier alpha value is -1.91. The van der Waals surface area contributed by atoms with E-state index in [4.69, 9.17) is 5.11 Å². The first-order valence-corrected chi connectivity index (χ1v) is 7.10. The van der Waals surface area contributed by atoms with Crippen LogP contribution >= 0.6 is 0 Å². The van der Waals surface area contributed by atoms with Gasteiger partial charge in [-0.25, -0.2) is 4.39 Å². The van der Waals surface area contributed by atoms with Gasteiger partial charge in [-0.1, -0.05) is 12.1 Å². The molecule has 0 radical (unpaired) electrons. The van der Waals surface area contributed by atoms with Crippen LogP contribution in [0.5, 0.6) is 0 Å². The van der Waals surface area contributed by atoms with E-state index >= 15 is 0 Å². The molecule has 0 aliphatic heterocycles. The fraction of sp³-hybridized carbons (Fsp3) is 0.500. The van der Waals surface area contributed by atoms with Crippen LogP contribution in [0, 0.1) is 17.7 Å². The number of benzene rings is 1. The maximum absolute atomic E-state index is 13.3. The Morgan fingerprint density at radius 3 is 2.52 bits per heavy atom. The quantitative estimate of drug-likeness (QED) is 0.897. The molecule has 5 heteroatoms. The van der Waals surface area contributed by atoms with E-state index < -0.39 is 17.4 Å². The lowest BCUT2D eigenvalue weighted by Crippen LogP contribution is -2.43. The molecule has 1 aromatic carbocycles. The Balaban J connectivity index is 2.03. The van der Waals surface area contributed by atoms with Crippen molar-refractivity contribution < 1.29 is 19.1 Å². The number of hydrogen-bond donors (Lipinski definition) is 2. The summed E-state index contributed by atoms with van der Waals surface area (Å²) in [7, 11) is 0. The van der Waals surface area contributed by atoms with Gasteiger partial charge in [-0.3, -0.25) is 9.59 Å². The normalized spacial score (nSPS) is 22.0. The van der Waals surface area contributed by atoms with Gasteiger partial charge >= 0.3 is 5.97 Å². The van der Waals surface area contributed by atoms with E-state index in [0.29, 0.717) is 24.8 Å². The van der Waals surface area contributed by atoms with Crippen LogP contribution in [0.2, 0.25) is 0 Å². The molecule has 0 aromatic heterocycles. The van der Waals surface area contributed by atoms with Crippen LogP contribution in [0.4, 0.5) is 4.39 Å². The third-order valence-electron chi connectivity index (χ3n) is 4.13. The largest absolute Gasteiger partial charge is 0.481 e. The van der Waals surface area contributed by atoms with Crippen molar-refractivity contribution in [3.05, 3.63) is 35.6 Å². The molecule has 1 fully saturated rings. The molecule has 2 rings (SSSR count). The van der Waals surface area contributed by atoms with E-state index in [2.05, 4.69) is 5.32 Å². The number of carbonyl (C=O) groups is 2. The van der Waals surface area contributed by atoms with E-state index in [-0.39, 0.29) is 17.6 Å². The molecule has 2 atom stereocenters. The summed E-state index contributed by atoms with van der Waals surface area (Å²) < 4.78 is 13.3. The maximum atomic E-state index is 13.3. The monoisotopic (exact) mass is 293 g/mol. The summed E-state index contributed by atoms with van der Waals surface area (Å²) >= 11 is 0. The SMILES string of the molecule is CC(C)(NC(=O)[C@@H]1CC[C@H](C(=O)O)C1)c1cccc(F)c1. The smallest absolute Gasteiger partial charge is 0.306 e. The van der Waals surface area contributed by atoms with E-state index in [9.17, 15) is 14.0 Å². The van der Waals surface area contributed by atoms with Gasteiger partial charge in [0.05, 0.1) is 11.5 Å². The molecule has 0 spiro atoms. The van der Waals surface area contributed by atoms with Gasteiger partial charge < -0.3 is 10.4 Å². The predicted molar refractivity (Wildman–Crippen MR) is 76.0 cm³/mol. The Morgan fingerprint density at radius 2 is 1.95 bits per heavy atom. The molecular weight excluding hydrogens is 273 g/mol. The van der Waals surface area contributed by atoms with Gasteiger partial charge in [-0.2, -0.15) is 0 Å². The van der Waals surface area contributed by atoms with Crippen LogP contribution in [-0.2, 0) is 15.1 Å². The number of carbonyl (C=O) groups excluding carboxylic acids is 1. The van der Waals surface area contributed by atoms with Crippen LogP contribution in [0.15, 0.2) is 24.3 Å². The zero-order chi connectivity index (χ0) is 15.6. The molecular formula is C16H20FNO3. The van der Waals surface area contributed by atoms with E-state index in [0.717, 1.165) is 0 Å². The molecule has 21 heavy (non-hydrogen) atoms. The number of halogens is 1. The van der Waals surface area contributed by atoms with Gasteiger partial charge in [0.15, 0.2) is 0 Å². The number of carboxylic acids is 1. The van der Waals surface area contributed by atoms with Crippen molar-refractivity contribution in [3.8, 4) is 0 Å². The molecule has 4 nitrogen and oxygen atoms in total. The second-order valence-corrected chi connectivity index (χ2v) is 6.17. The number of aliphatic carboxylic acids is 1. The van der Waals surface area contributed by atoms with Crippen molar-refractivity contribution in [1.82, 2.24) is 5.32 Å². The van der Waals surface area contributed by atoms with Gasteiger partial charge in [-0.05, 0) is 50.8 Å². The molecule has 1 aromatic rings. The zero-order valence-corrected chi connectivity index (χ0v) is 12.2. The van der Waals surface area contributed by atoms with Gasteiger partial charge in [-0.15, -0.1) is 0 Å². The zero-order valence-electron chi connectivity index (χ0n) is 12.2. The average Bonchev–Trinajstić information content (AvgIpc) is 2.88. The van der Waals surface area contributed by atoms with E-state index in [1.807, 2.05) is 13.8 Å². The lowest BCUT2D eigenvalue weighted by molar-refractivity contribution is -0.141. The highest BCUT2D eigenvalue weighted by atomic mass is 19.1. The summed E-state index contributed by atoms with van der Waals surface area (Å²) in [5.41, 5.74) is -0.0100. The minimum atomic E-state index is -0.838. The highest BCUT2D eigenvalue weighted by Crippen LogP contribution is 2.32. The number of amides is 1. The summed E-state index contributed by atoms with van der Waals surface area (Å²) in [5, 5.41) is 11.9. The van der Waals surface area contributed by atoms with E-state index in [1.54, 1.807) is 12.1 Å². The highest BCUT2D eigenvalue weighted by Gasteiger charge is 2.35. The highest BCUT2D eigenvalue weighted by molar-refractivity contribution is 5.81. The topological polar surface area (TPSA) is 66.4 Å². The molecule has 0 unspecified atom stereocenters. The molecule has 2 N–H and O–H groups in total. The second kappa shape index (κ2) is 5.84. The number of nitrogens with one attached hydrogen (secondary N) is 1. The first-order valence-electron chi connectivity index (χ1n) is 7.10. The van der Waals surface area contributed by atoms with Crippen LogP contribution in [0.3, 0.4) is 0 Å². The standard InChI is InChI=1S/C16H20FNO3/c1-16(2,12-4-3-5-13(17)9-12)18-14(19)10-6-7-11(8-10)15(20)21/h3-5,9-11H,6-8H2,1-2H3,(H,18,19)(H,20,21)/t10-,11+/m1/s1. The third kappa shape index (κ3) is 3.60. The first kappa shape index (κ1) is 15.5. The molecule has 1 saturated carbocycles. The lowest BCUT2D eigenvalue weighted by Gasteiger charge is -2.28. The molecule has 0 heterocycles. The minimum Gasteiger partial charge on any atom is -0.481 e. The lowest BCUT2D eigenvalue weighted by atomic mass is 9.92. The van der Waals surface area contributed by atoms with Crippen molar-refractivity contribution >= 4 is 11.9 Å². The summed E-state index contributed by atoms with van der Waals surface area (Å²) in [5.74, 6) is -2.05. The van der Waals surface area contributed by atoms with Crippen molar-refractivity contribution in [3.63, 3.8) is 0 Å². The minimum absolute atomic E-state index is 0.159. The van der Waals surface area contributed by atoms with Gasteiger partial charge in [0.2, 0.25) is 5.91 Å². The van der Waals surface area contributed by atoms with Gasteiger partial charge in [0, 0.05) is 5.92 Å². The molecule has 0 saturated heterocycles. The van der Waals surface area contributed by atoms with Crippen LogP contribution in [0.1, 0.15) is 38.7 Å². The van der Waals surface area contributed by atoms with Crippen LogP contribution < -0.4 is 5.32 Å². The van der Waals surface area contributed by atoms with Gasteiger partial charge in [0.1, 0.15) is 5.82 Å². The first-order chi connectivity index (χ1) is 9.79. The van der Waals surface area contributed by atoms with Gasteiger partial charge in [0.25, 0.3) is 0 Å². The summed E-state index contributed by atoms with van der Waals surface area (Å²) in [6.07, 6.45) is 1.50. The second-order valence-electron chi connectivity index (χ2n) is 6.17. The van der Waals surface area contributed by atoms with Crippen molar-refractivity contribution in [1.29, 1.82) is 0 Å². The van der Waals surface area contributed by atoms with Crippen molar-refractivity contribution in [2.45, 2.75) is 38.6 Å². The van der Waals surface area contributed by atoms with Crippen molar-refractivity contribution in [2.24, 2.45) is 11.8 Å². The molecule has 114 valence electrons. The Morgan fingerprint density at radius 1 is 1.29 bits per heavy atom. The van der Waals surface area contributed by atoms with E-state index in [1.165, 1.54) is 12.1 Å². The predicted octanol–water partition coefficient (Wildman–Crippen LogP) is 2.68. The Labute approximate surface area is 123 Å². The van der Waals surface area contributed by atoms with Crippen LogP contribution in [-0.4, -0.2) is 17.0 Å². The maximum Gasteiger partial charge on any atom is 0.306 e. The fourth-order valence-electron chi connectivity index (χ4n) is 2.80. The van der Waals surface area contributed by atoms with Crippen molar-refractivity contribution in [2.75, 3.05) is 0 Å². The molecule has 1 amide bonds. The number of rotatable bonds is 4. The molecule has 1 aliphatic rings. The summed E-state index contributed by atoms with van der Waals surface area (Å²) in [4.78, 5) is 23.2. The van der Waals surface area contributed by atoms with Crippen LogP contribution in [0.25, 0.3) is 0 Å². The number of hydrogen-bond acceptors (Lipinski definition) is 2. The summed E-state index contributed by atoms with van der Waals surface area (Å²) in [6, 6.07) is 6.12. The Kier molecular flexibility index (Phi) is 4.30. The summed E-state index contributed by atoms with van der Waals surface area (Å²) in [6.45, 7) is 3.62. The third-order valence-corrected chi connectivity index (χ3v) is 4.13. The Bertz CT molecular complexity index is 556.